The number of hydrogen-bond acceptors (Lipinski definition) is 3. The van der Waals surface area contributed by atoms with Gasteiger partial charge in [0.05, 0.1) is 6.04 Å². The van der Waals surface area contributed by atoms with Gasteiger partial charge in [-0.05, 0) is 43.0 Å². The molecule has 0 radical (unpaired) electrons. The molecular formula is C16H21ClN4. The van der Waals surface area contributed by atoms with E-state index in [2.05, 4.69) is 34.2 Å². The van der Waals surface area contributed by atoms with Gasteiger partial charge in [0, 0.05) is 18.6 Å². The normalized spacial score (nSPS) is 20.8. The summed E-state index contributed by atoms with van der Waals surface area (Å²) in [5.41, 5.74) is 1.30. The van der Waals surface area contributed by atoms with Crippen LogP contribution in [0.4, 0.5) is 0 Å². The van der Waals surface area contributed by atoms with Crippen molar-refractivity contribution in [3.63, 3.8) is 0 Å². The Bertz CT molecular complexity index is 610. The van der Waals surface area contributed by atoms with Crippen molar-refractivity contribution in [1.29, 1.82) is 0 Å². The van der Waals surface area contributed by atoms with Gasteiger partial charge in [0.1, 0.15) is 12.2 Å². The number of halogens is 1. The maximum Gasteiger partial charge on any atom is 0.149 e. The van der Waals surface area contributed by atoms with E-state index in [4.69, 9.17) is 11.6 Å². The Morgan fingerprint density at radius 2 is 2.29 bits per heavy atom. The van der Waals surface area contributed by atoms with Gasteiger partial charge in [-0.1, -0.05) is 30.7 Å². The lowest BCUT2D eigenvalue weighted by atomic mass is 10.0. The summed E-state index contributed by atoms with van der Waals surface area (Å²) in [4.78, 5) is 2.52. The quantitative estimate of drug-likeness (QED) is 0.868. The van der Waals surface area contributed by atoms with Crippen LogP contribution in [0.2, 0.25) is 5.02 Å². The van der Waals surface area contributed by atoms with Crippen molar-refractivity contribution in [3.05, 3.63) is 47.0 Å². The maximum atomic E-state index is 6.10. The van der Waals surface area contributed by atoms with E-state index in [0.29, 0.717) is 12.0 Å². The van der Waals surface area contributed by atoms with Crippen molar-refractivity contribution >= 4 is 11.6 Å². The highest BCUT2D eigenvalue weighted by Gasteiger charge is 2.30. The zero-order chi connectivity index (χ0) is 14.8. The molecule has 0 bridgehead atoms. The molecule has 2 atom stereocenters. The van der Waals surface area contributed by atoms with Crippen molar-refractivity contribution in [2.45, 2.75) is 31.7 Å². The third-order valence-corrected chi connectivity index (χ3v) is 4.57. The number of nitrogens with zero attached hydrogens (tertiary/aromatic N) is 4. The van der Waals surface area contributed by atoms with Crippen LogP contribution in [0.1, 0.15) is 43.1 Å². The highest BCUT2D eigenvalue weighted by atomic mass is 35.5. The minimum atomic E-state index is 0.388. The Morgan fingerprint density at radius 1 is 1.43 bits per heavy atom. The molecule has 2 heterocycles. The number of likely N-dealkylation sites (tertiary alicyclic amines) is 1. The lowest BCUT2D eigenvalue weighted by molar-refractivity contribution is 0.233. The first-order valence-electron chi connectivity index (χ1n) is 7.48. The van der Waals surface area contributed by atoms with Gasteiger partial charge in [-0.2, -0.15) is 0 Å². The fourth-order valence-electron chi connectivity index (χ4n) is 3.20. The molecule has 21 heavy (non-hydrogen) atoms. The summed E-state index contributed by atoms with van der Waals surface area (Å²) in [6.45, 7) is 4.41. The zero-order valence-corrected chi connectivity index (χ0v) is 13.3. The monoisotopic (exact) mass is 304 g/mol. The van der Waals surface area contributed by atoms with Crippen LogP contribution in [0.15, 0.2) is 30.6 Å². The number of aryl methyl sites for hydroxylation is 1. The van der Waals surface area contributed by atoms with Gasteiger partial charge in [-0.3, -0.25) is 4.90 Å². The molecule has 3 rings (SSSR count). The Hall–Kier alpha value is -1.39. The van der Waals surface area contributed by atoms with Gasteiger partial charge >= 0.3 is 0 Å². The summed E-state index contributed by atoms with van der Waals surface area (Å²) in [5.74, 6) is 1.53. The van der Waals surface area contributed by atoms with Crippen LogP contribution in [0.25, 0.3) is 0 Å². The van der Waals surface area contributed by atoms with Crippen LogP contribution in [-0.2, 0) is 7.05 Å². The summed E-state index contributed by atoms with van der Waals surface area (Å²) in [6, 6.07) is 8.57. The van der Waals surface area contributed by atoms with Crippen LogP contribution in [0, 0.1) is 0 Å². The third-order valence-electron chi connectivity index (χ3n) is 4.33. The molecule has 0 N–H and O–H groups in total. The van der Waals surface area contributed by atoms with Gasteiger partial charge in [-0.25, -0.2) is 0 Å². The highest BCUT2D eigenvalue weighted by Crippen LogP contribution is 2.32. The van der Waals surface area contributed by atoms with E-state index in [1.807, 2.05) is 23.7 Å². The average Bonchev–Trinajstić information content (AvgIpc) is 3.07. The summed E-state index contributed by atoms with van der Waals surface area (Å²) in [5, 5.41) is 9.12. The second-order valence-corrected chi connectivity index (χ2v) is 6.35. The standard InChI is InChI=1S/C16H21ClN4/c1-12(13-5-3-6-14(17)9-13)10-21-8-4-7-15(21)16-19-18-11-20(16)2/h3,5-6,9,11-12,15H,4,7-8,10H2,1-2H3/t12-,15-/m0/s1. The van der Waals surface area contributed by atoms with Gasteiger partial charge in [0.15, 0.2) is 0 Å². The van der Waals surface area contributed by atoms with Crippen LogP contribution in [0.5, 0.6) is 0 Å². The van der Waals surface area contributed by atoms with Crippen LogP contribution < -0.4 is 0 Å². The first kappa shape index (κ1) is 14.5. The smallest absolute Gasteiger partial charge is 0.149 e. The molecular weight excluding hydrogens is 284 g/mol. The van der Waals surface area contributed by atoms with Crippen LogP contribution in [0.3, 0.4) is 0 Å². The fourth-order valence-corrected chi connectivity index (χ4v) is 3.40. The van der Waals surface area contributed by atoms with Gasteiger partial charge in [-0.15, -0.1) is 10.2 Å². The Morgan fingerprint density at radius 3 is 3.00 bits per heavy atom. The van der Waals surface area contributed by atoms with Crippen LogP contribution >= 0.6 is 11.6 Å². The Kier molecular flexibility index (Phi) is 4.27. The van der Waals surface area contributed by atoms with E-state index >= 15 is 0 Å². The van der Waals surface area contributed by atoms with Crippen LogP contribution in [-0.4, -0.2) is 32.8 Å². The summed E-state index contributed by atoms with van der Waals surface area (Å²) >= 11 is 6.10. The molecule has 1 fully saturated rings. The predicted molar refractivity (Wildman–Crippen MR) is 84.4 cm³/mol. The molecule has 1 aromatic carbocycles. The molecule has 0 spiro atoms. The number of aromatic nitrogens is 3. The molecule has 1 aliphatic heterocycles. The minimum Gasteiger partial charge on any atom is -0.319 e. The molecule has 1 aromatic heterocycles. The second-order valence-electron chi connectivity index (χ2n) is 5.91. The lowest BCUT2D eigenvalue weighted by Crippen LogP contribution is -2.29. The van der Waals surface area contributed by atoms with E-state index in [0.717, 1.165) is 30.4 Å². The summed E-state index contributed by atoms with van der Waals surface area (Å²) < 4.78 is 2.03. The molecule has 4 nitrogen and oxygen atoms in total. The van der Waals surface area contributed by atoms with Crippen molar-refractivity contribution in [2.24, 2.45) is 7.05 Å². The van der Waals surface area contributed by atoms with E-state index in [1.165, 1.54) is 12.0 Å². The Balaban J connectivity index is 1.73. The number of rotatable bonds is 4. The predicted octanol–water partition coefficient (Wildman–Crippen LogP) is 3.41. The molecule has 2 aromatic rings. The molecule has 5 heteroatoms. The van der Waals surface area contributed by atoms with Crippen molar-refractivity contribution < 1.29 is 0 Å². The zero-order valence-electron chi connectivity index (χ0n) is 12.5. The topological polar surface area (TPSA) is 34.0 Å². The molecule has 0 saturated carbocycles. The molecule has 0 aliphatic carbocycles. The number of hydrogen-bond donors (Lipinski definition) is 0. The van der Waals surface area contributed by atoms with Crippen molar-refractivity contribution in [3.8, 4) is 0 Å². The van der Waals surface area contributed by atoms with Crippen molar-refractivity contribution in [2.75, 3.05) is 13.1 Å². The minimum absolute atomic E-state index is 0.388. The van der Waals surface area contributed by atoms with Gasteiger partial charge in [0.25, 0.3) is 0 Å². The average molecular weight is 305 g/mol. The van der Waals surface area contributed by atoms with Gasteiger partial charge < -0.3 is 4.57 Å². The van der Waals surface area contributed by atoms with Crippen molar-refractivity contribution in [1.82, 2.24) is 19.7 Å². The molecule has 0 unspecified atom stereocenters. The fraction of sp³-hybridized carbons (Fsp3) is 0.500. The van der Waals surface area contributed by atoms with E-state index in [9.17, 15) is 0 Å². The lowest BCUT2D eigenvalue weighted by Gasteiger charge is -2.27. The first-order chi connectivity index (χ1) is 10.1. The van der Waals surface area contributed by atoms with E-state index < -0.39 is 0 Å². The highest BCUT2D eigenvalue weighted by molar-refractivity contribution is 6.30. The largest absolute Gasteiger partial charge is 0.319 e. The molecule has 0 amide bonds. The maximum absolute atomic E-state index is 6.10. The second kappa shape index (κ2) is 6.16. The van der Waals surface area contributed by atoms with Gasteiger partial charge in [0.2, 0.25) is 0 Å². The molecule has 112 valence electrons. The number of benzene rings is 1. The third kappa shape index (κ3) is 3.11. The summed E-state index contributed by atoms with van der Waals surface area (Å²) in [6.07, 6.45) is 4.17. The Labute approximate surface area is 130 Å². The molecule has 1 saturated heterocycles. The summed E-state index contributed by atoms with van der Waals surface area (Å²) in [7, 11) is 2.02. The van der Waals surface area contributed by atoms with E-state index in [-0.39, 0.29) is 0 Å². The first-order valence-corrected chi connectivity index (χ1v) is 7.86. The van der Waals surface area contributed by atoms with E-state index in [1.54, 1.807) is 6.33 Å². The SMILES string of the molecule is C[C@@H](CN1CCC[C@H]1c1nncn1C)c1cccc(Cl)c1. The molecule has 1 aliphatic rings.